The zero-order valence-electron chi connectivity index (χ0n) is 15.0. The SMILES string of the molecule is COc1ccc(O)c(CN2CCc3nc(-c4ccccn4)[nH]c(=O)c3C2)c1. The van der Waals surface area contributed by atoms with E-state index in [0.29, 0.717) is 42.3 Å². The maximum atomic E-state index is 12.6. The molecule has 1 aliphatic rings. The minimum absolute atomic E-state index is 0.139. The maximum Gasteiger partial charge on any atom is 0.255 e. The summed E-state index contributed by atoms with van der Waals surface area (Å²) in [6.07, 6.45) is 2.35. The number of methoxy groups -OCH3 is 1. The van der Waals surface area contributed by atoms with Crippen molar-refractivity contribution in [3.05, 3.63) is 69.8 Å². The van der Waals surface area contributed by atoms with Gasteiger partial charge in [-0.25, -0.2) is 4.98 Å². The molecule has 27 heavy (non-hydrogen) atoms. The van der Waals surface area contributed by atoms with Gasteiger partial charge in [0.05, 0.1) is 18.4 Å². The number of benzene rings is 1. The molecule has 3 aromatic rings. The molecule has 0 saturated heterocycles. The summed E-state index contributed by atoms with van der Waals surface area (Å²) in [5.41, 5.74) is 2.77. The average Bonchev–Trinajstić information content (AvgIpc) is 2.70. The molecule has 1 aromatic carbocycles. The van der Waals surface area contributed by atoms with Crippen molar-refractivity contribution in [2.75, 3.05) is 13.7 Å². The second-order valence-corrected chi connectivity index (χ2v) is 6.51. The molecule has 0 atom stereocenters. The number of fused-ring (bicyclic) bond motifs is 1. The number of ether oxygens (including phenoxy) is 1. The summed E-state index contributed by atoms with van der Waals surface area (Å²) in [6.45, 7) is 1.77. The molecule has 0 radical (unpaired) electrons. The average molecular weight is 364 g/mol. The fourth-order valence-corrected chi connectivity index (χ4v) is 3.30. The number of aromatic hydroxyl groups is 1. The number of phenols is 1. The third kappa shape index (κ3) is 3.54. The molecule has 2 aromatic heterocycles. The van der Waals surface area contributed by atoms with Crippen molar-refractivity contribution in [3.63, 3.8) is 0 Å². The molecule has 7 heteroatoms. The Labute approximate surface area is 156 Å². The highest BCUT2D eigenvalue weighted by Gasteiger charge is 2.22. The summed E-state index contributed by atoms with van der Waals surface area (Å²) < 4.78 is 5.23. The van der Waals surface area contributed by atoms with Crippen molar-refractivity contribution >= 4 is 0 Å². The fourth-order valence-electron chi connectivity index (χ4n) is 3.30. The van der Waals surface area contributed by atoms with E-state index in [4.69, 9.17) is 4.74 Å². The lowest BCUT2D eigenvalue weighted by atomic mass is 10.1. The van der Waals surface area contributed by atoms with Gasteiger partial charge in [-0.1, -0.05) is 6.07 Å². The van der Waals surface area contributed by atoms with Gasteiger partial charge in [0.25, 0.3) is 5.56 Å². The summed E-state index contributed by atoms with van der Waals surface area (Å²) in [5.74, 6) is 1.41. The van der Waals surface area contributed by atoms with E-state index in [1.54, 1.807) is 25.4 Å². The van der Waals surface area contributed by atoms with Crippen molar-refractivity contribution in [1.29, 1.82) is 0 Å². The summed E-state index contributed by atoms with van der Waals surface area (Å²) in [6, 6.07) is 10.7. The van der Waals surface area contributed by atoms with Crippen molar-refractivity contribution < 1.29 is 9.84 Å². The first kappa shape index (κ1) is 17.2. The minimum atomic E-state index is -0.139. The molecule has 1 aliphatic heterocycles. The lowest BCUT2D eigenvalue weighted by molar-refractivity contribution is 0.238. The highest BCUT2D eigenvalue weighted by Crippen LogP contribution is 2.26. The molecule has 0 saturated carbocycles. The van der Waals surface area contributed by atoms with Gasteiger partial charge in [-0.15, -0.1) is 0 Å². The van der Waals surface area contributed by atoms with Crippen LogP contribution in [-0.4, -0.2) is 38.6 Å². The van der Waals surface area contributed by atoms with Gasteiger partial charge in [0.1, 0.15) is 17.2 Å². The second kappa shape index (κ2) is 7.20. The molecule has 2 N–H and O–H groups in total. The van der Waals surface area contributed by atoms with Gasteiger partial charge in [0, 0.05) is 37.8 Å². The van der Waals surface area contributed by atoms with Crippen LogP contribution in [0.25, 0.3) is 11.5 Å². The Morgan fingerprint density at radius 3 is 2.96 bits per heavy atom. The first-order valence-electron chi connectivity index (χ1n) is 8.76. The van der Waals surface area contributed by atoms with E-state index in [-0.39, 0.29) is 11.3 Å². The zero-order valence-corrected chi connectivity index (χ0v) is 15.0. The van der Waals surface area contributed by atoms with E-state index >= 15 is 0 Å². The monoisotopic (exact) mass is 364 g/mol. The first-order chi connectivity index (χ1) is 13.1. The number of aromatic amines is 1. The third-order valence-corrected chi connectivity index (χ3v) is 4.74. The van der Waals surface area contributed by atoms with Crippen LogP contribution in [0, 0.1) is 0 Å². The largest absolute Gasteiger partial charge is 0.508 e. The Balaban J connectivity index is 1.58. The number of aromatic nitrogens is 3. The van der Waals surface area contributed by atoms with Gasteiger partial charge in [0.15, 0.2) is 5.82 Å². The summed E-state index contributed by atoms with van der Waals surface area (Å²) in [7, 11) is 1.59. The van der Waals surface area contributed by atoms with Gasteiger partial charge >= 0.3 is 0 Å². The number of hydrogen-bond donors (Lipinski definition) is 2. The molecule has 0 fully saturated rings. The van der Waals surface area contributed by atoms with Crippen molar-refractivity contribution in [2.24, 2.45) is 0 Å². The van der Waals surface area contributed by atoms with Crippen LogP contribution in [-0.2, 0) is 19.5 Å². The number of rotatable bonds is 4. The number of nitrogens with zero attached hydrogens (tertiary/aromatic N) is 3. The number of hydrogen-bond acceptors (Lipinski definition) is 6. The van der Waals surface area contributed by atoms with Crippen LogP contribution in [0.4, 0.5) is 0 Å². The van der Waals surface area contributed by atoms with Gasteiger partial charge in [-0.2, -0.15) is 0 Å². The second-order valence-electron chi connectivity index (χ2n) is 6.51. The first-order valence-corrected chi connectivity index (χ1v) is 8.76. The number of H-pyrrole nitrogens is 1. The Morgan fingerprint density at radius 1 is 1.30 bits per heavy atom. The number of nitrogens with one attached hydrogen (secondary N) is 1. The Hall–Kier alpha value is -3.19. The van der Waals surface area contributed by atoms with Gasteiger partial charge in [-0.3, -0.25) is 14.7 Å². The van der Waals surface area contributed by atoms with E-state index in [0.717, 1.165) is 17.8 Å². The lowest BCUT2D eigenvalue weighted by Gasteiger charge is -2.28. The van der Waals surface area contributed by atoms with Crippen molar-refractivity contribution in [3.8, 4) is 23.0 Å². The molecule has 4 rings (SSSR count). The Bertz CT molecular complexity index is 1020. The smallest absolute Gasteiger partial charge is 0.255 e. The molecule has 0 unspecified atom stereocenters. The highest BCUT2D eigenvalue weighted by atomic mass is 16.5. The molecule has 7 nitrogen and oxygen atoms in total. The molecular weight excluding hydrogens is 344 g/mol. The van der Waals surface area contributed by atoms with Crippen LogP contribution in [0.2, 0.25) is 0 Å². The summed E-state index contributed by atoms with van der Waals surface area (Å²) in [5, 5.41) is 10.1. The summed E-state index contributed by atoms with van der Waals surface area (Å²) in [4.78, 5) is 26.4. The van der Waals surface area contributed by atoms with Crippen LogP contribution < -0.4 is 10.3 Å². The van der Waals surface area contributed by atoms with Gasteiger partial charge in [-0.05, 0) is 30.3 Å². The summed E-state index contributed by atoms with van der Waals surface area (Å²) >= 11 is 0. The lowest BCUT2D eigenvalue weighted by Crippen LogP contribution is -2.35. The zero-order chi connectivity index (χ0) is 18.8. The number of phenolic OH excluding ortho intramolecular Hbond substituents is 1. The van der Waals surface area contributed by atoms with E-state index in [1.165, 1.54) is 0 Å². The highest BCUT2D eigenvalue weighted by molar-refractivity contribution is 5.49. The minimum Gasteiger partial charge on any atom is -0.508 e. The van der Waals surface area contributed by atoms with E-state index < -0.39 is 0 Å². The number of pyridine rings is 1. The Morgan fingerprint density at radius 2 is 2.19 bits per heavy atom. The quantitative estimate of drug-likeness (QED) is 0.737. The van der Waals surface area contributed by atoms with Crippen molar-refractivity contribution in [1.82, 2.24) is 19.9 Å². The van der Waals surface area contributed by atoms with Crippen LogP contribution >= 0.6 is 0 Å². The third-order valence-electron chi connectivity index (χ3n) is 4.74. The molecule has 0 spiro atoms. The fraction of sp³-hybridized carbons (Fsp3) is 0.250. The molecule has 138 valence electrons. The van der Waals surface area contributed by atoms with Crippen molar-refractivity contribution in [2.45, 2.75) is 19.5 Å². The molecule has 0 amide bonds. The van der Waals surface area contributed by atoms with E-state index in [9.17, 15) is 9.90 Å². The predicted octanol–water partition coefficient (Wildman–Crippen LogP) is 2.10. The van der Waals surface area contributed by atoms with Crippen LogP contribution in [0.3, 0.4) is 0 Å². The molecule has 0 bridgehead atoms. The normalized spacial score (nSPS) is 14.0. The van der Waals surface area contributed by atoms with Crippen LogP contribution in [0.15, 0.2) is 47.4 Å². The molecule has 3 heterocycles. The standard InChI is InChI=1S/C20H20N4O3/c1-27-14-5-6-18(25)13(10-14)11-24-9-7-16-15(12-24)20(26)23-19(22-16)17-4-2-3-8-21-17/h2-6,8,10,25H,7,9,11-12H2,1H3,(H,22,23,26). The van der Waals surface area contributed by atoms with Crippen LogP contribution in [0.5, 0.6) is 11.5 Å². The van der Waals surface area contributed by atoms with E-state index in [1.807, 2.05) is 24.3 Å². The maximum absolute atomic E-state index is 12.6. The molecular formula is C20H20N4O3. The van der Waals surface area contributed by atoms with E-state index in [2.05, 4.69) is 19.9 Å². The van der Waals surface area contributed by atoms with Gasteiger partial charge in [0.2, 0.25) is 0 Å². The van der Waals surface area contributed by atoms with Crippen LogP contribution in [0.1, 0.15) is 16.8 Å². The van der Waals surface area contributed by atoms with Gasteiger partial charge < -0.3 is 14.8 Å². The predicted molar refractivity (Wildman–Crippen MR) is 101 cm³/mol. The molecule has 0 aliphatic carbocycles. The topological polar surface area (TPSA) is 91.3 Å². The Kier molecular flexibility index (Phi) is 4.60.